The molecule has 0 aliphatic carbocycles. The second kappa shape index (κ2) is 8.76. The Morgan fingerprint density at radius 2 is 1.88 bits per heavy atom. The number of pyridine rings is 1. The number of hydrogen-bond acceptors (Lipinski definition) is 3. The van der Waals surface area contributed by atoms with Gasteiger partial charge in [0.15, 0.2) is 5.11 Å². The minimum atomic E-state index is -0.198. The van der Waals surface area contributed by atoms with Crippen LogP contribution in [0.5, 0.6) is 0 Å². The molecule has 0 bridgehead atoms. The van der Waals surface area contributed by atoms with Crippen LogP contribution in [0.1, 0.15) is 24.8 Å². The van der Waals surface area contributed by atoms with Gasteiger partial charge in [0.2, 0.25) is 0 Å². The third kappa shape index (κ3) is 5.39. The number of aryl methyl sites for hydroxylation is 1. The summed E-state index contributed by atoms with van der Waals surface area (Å²) in [6.07, 6.45) is 6.13. The highest BCUT2D eigenvalue weighted by Crippen LogP contribution is 2.18. The summed E-state index contributed by atoms with van der Waals surface area (Å²) < 4.78 is 12.9. The van der Waals surface area contributed by atoms with Gasteiger partial charge in [-0.15, -0.1) is 0 Å². The number of halogens is 1. The van der Waals surface area contributed by atoms with Gasteiger partial charge in [0.1, 0.15) is 11.6 Å². The summed E-state index contributed by atoms with van der Waals surface area (Å²) in [5, 5.41) is 6.94. The molecule has 6 heteroatoms. The van der Waals surface area contributed by atoms with E-state index in [4.69, 9.17) is 12.2 Å². The minimum absolute atomic E-state index is 0.198. The molecule has 0 atom stereocenters. The number of benzene rings is 1. The lowest BCUT2D eigenvalue weighted by Gasteiger charge is -2.16. The molecule has 0 spiro atoms. The van der Waals surface area contributed by atoms with Gasteiger partial charge in [-0.05, 0) is 67.7 Å². The van der Waals surface area contributed by atoms with Gasteiger partial charge in [-0.3, -0.25) is 0 Å². The van der Waals surface area contributed by atoms with E-state index in [0.29, 0.717) is 5.11 Å². The van der Waals surface area contributed by atoms with Crippen molar-refractivity contribution in [2.75, 3.05) is 29.9 Å². The van der Waals surface area contributed by atoms with Crippen molar-refractivity contribution in [3.8, 4) is 0 Å². The number of hydrogen-bond donors (Lipinski definition) is 2. The van der Waals surface area contributed by atoms with Crippen LogP contribution in [0.3, 0.4) is 0 Å². The predicted molar refractivity (Wildman–Crippen MR) is 105 cm³/mol. The van der Waals surface area contributed by atoms with Crippen LogP contribution in [0.15, 0.2) is 42.6 Å². The molecule has 132 valence electrons. The molecule has 3 rings (SSSR count). The first kappa shape index (κ1) is 17.6. The molecule has 1 aliphatic rings. The molecule has 4 nitrogen and oxygen atoms in total. The Labute approximate surface area is 153 Å². The Morgan fingerprint density at radius 3 is 2.56 bits per heavy atom. The molecule has 0 unspecified atom stereocenters. The molecule has 2 heterocycles. The number of nitrogens with one attached hydrogen (secondary N) is 2. The normalized spacial score (nSPS) is 13.7. The second-order valence-corrected chi connectivity index (χ2v) is 6.62. The predicted octanol–water partition coefficient (Wildman–Crippen LogP) is 3.74. The van der Waals surface area contributed by atoms with Crippen molar-refractivity contribution in [2.24, 2.45) is 0 Å². The van der Waals surface area contributed by atoms with Gasteiger partial charge < -0.3 is 15.5 Å². The van der Waals surface area contributed by atoms with Crippen molar-refractivity contribution in [2.45, 2.75) is 25.7 Å². The highest BCUT2D eigenvalue weighted by atomic mass is 32.1. The summed E-state index contributed by atoms with van der Waals surface area (Å²) in [6, 6.07) is 10.7. The largest absolute Gasteiger partial charge is 0.362 e. The Kier molecular flexibility index (Phi) is 6.17. The van der Waals surface area contributed by atoms with Crippen LogP contribution in [0.2, 0.25) is 0 Å². The van der Waals surface area contributed by atoms with E-state index in [9.17, 15) is 4.39 Å². The molecule has 1 fully saturated rings. The molecule has 0 radical (unpaired) electrons. The maximum atomic E-state index is 12.9. The van der Waals surface area contributed by atoms with E-state index < -0.39 is 0 Å². The van der Waals surface area contributed by atoms with Crippen LogP contribution in [-0.2, 0) is 6.42 Å². The van der Waals surface area contributed by atoms with Crippen molar-refractivity contribution in [3.05, 3.63) is 54.0 Å². The second-order valence-electron chi connectivity index (χ2n) is 6.21. The molecule has 0 amide bonds. The van der Waals surface area contributed by atoms with Crippen LogP contribution in [0, 0.1) is 5.82 Å². The van der Waals surface area contributed by atoms with E-state index in [1.54, 1.807) is 0 Å². The van der Waals surface area contributed by atoms with Gasteiger partial charge in [-0.2, -0.15) is 0 Å². The third-order valence-electron chi connectivity index (χ3n) is 4.28. The number of thiocarbonyl (C=S) groups is 1. The van der Waals surface area contributed by atoms with E-state index in [-0.39, 0.29) is 5.82 Å². The SMILES string of the molecule is Fc1ccc(CCCNC(=S)Nc2ccc(N3CCCC3)nc2)cc1. The van der Waals surface area contributed by atoms with Crippen molar-refractivity contribution >= 4 is 28.8 Å². The van der Waals surface area contributed by atoms with E-state index >= 15 is 0 Å². The molecule has 1 aliphatic heterocycles. The zero-order chi connectivity index (χ0) is 17.5. The molecule has 2 N–H and O–H groups in total. The maximum absolute atomic E-state index is 12.9. The average molecular weight is 358 g/mol. The number of aromatic nitrogens is 1. The average Bonchev–Trinajstić information content (AvgIpc) is 3.15. The van der Waals surface area contributed by atoms with Crippen LogP contribution < -0.4 is 15.5 Å². The van der Waals surface area contributed by atoms with Crippen molar-refractivity contribution < 1.29 is 4.39 Å². The van der Waals surface area contributed by atoms with Gasteiger partial charge in [-0.25, -0.2) is 9.37 Å². The zero-order valence-corrected chi connectivity index (χ0v) is 15.0. The fourth-order valence-electron chi connectivity index (χ4n) is 2.91. The van der Waals surface area contributed by atoms with Crippen LogP contribution >= 0.6 is 12.2 Å². The topological polar surface area (TPSA) is 40.2 Å². The third-order valence-corrected chi connectivity index (χ3v) is 4.52. The van der Waals surface area contributed by atoms with Gasteiger partial charge in [0, 0.05) is 19.6 Å². The van der Waals surface area contributed by atoms with Gasteiger partial charge in [-0.1, -0.05) is 12.1 Å². The van der Waals surface area contributed by atoms with Gasteiger partial charge in [0.25, 0.3) is 0 Å². The molecule has 25 heavy (non-hydrogen) atoms. The first-order valence-corrected chi connectivity index (χ1v) is 9.12. The van der Waals surface area contributed by atoms with Gasteiger partial charge in [0.05, 0.1) is 11.9 Å². The molecule has 0 saturated carbocycles. The van der Waals surface area contributed by atoms with E-state index in [2.05, 4.69) is 20.5 Å². The zero-order valence-electron chi connectivity index (χ0n) is 14.2. The minimum Gasteiger partial charge on any atom is -0.362 e. The molecule has 2 aromatic rings. The summed E-state index contributed by atoms with van der Waals surface area (Å²) in [6.45, 7) is 2.95. The summed E-state index contributed by atoms with van der Waals surface area (Å²) >= 11 is 5.31. The first-order valence-electron chi connectivity index (χ1n) is 8.71. The molecule has 1 saturated heterocycles. The van der Waals surface area contributed by atoms with Crippen LogP contribution in [0.25, 0.3) is 0 Å². The van der Waals surface area contributed by atoms with E-state index in [0.717, 1.165) is 49.5 Å². The maximum Gasteiger partial charge on any atom is 0.170 e. The van der Waals surface area contributed by atoms with Crippen molar-refractivity contribution in [1.29, 1.82) is 0 Å². The highest BCUT2D eigenvalue weighted by molar-refractivity contribution is 7.80. The fourth-order valence-corrected chi connectivity index (χ4v) is 3.13. The van der Waals surface area contributed by atoms with E-state index in [1.807, 2.05) is 30.5 Å². The summed E-state index contributed by atoms with van der Waals surface area (Å²) in [7, 11) is 0. The summed E-state index contributed by atoms with van der Waals surface area (Å²) in [4.78, 5) is 6.80. The van der Waals surface area contributed by atoms with Gasteiger partial charge >= 0.3 is 0 Å². The van der Waals surface area contributed by atoms with Crippen molar-refractivity contribution in [3.63, 3.8) is 0 Å². The smallest absolute Gasteiger partial charge is 0.170 e. The number of nitrogens with zero attached hydrogens (tertiary/aromatic N) is 2. The lowest BCUT2D eigenvalue weighted by molar-refractivity contribution is 0.626. The first-order chi connectivity index (χ1) is 12.2. The van der Waals surface area contributed by atoms with Crippen LogP contribution in [-0.4, -0.2) is 29.7 Å². The Balaban J connectivity index is 1.37. The lowest BCUT2D eigenvalue weighted by Crippen LogP contribution is -2.29. The Hall–Kier alpha value is -2.21. The summed E-state index contributed by atoms with van der Waals surface area (Å²) in [5.41, 5.74) is 2.02. The van der Waals surface area contributed by atoms with Crippen molar-refractivity contribution in [1.82, 2.24) is 10.3 Å². The highest BCUT2D eigenvalue weighted by Gasteiger charge is 2.12. The molecular formula is C19H23FN4S. The van der Waals surface area contributed by atoms with E-state index in [1.165, 1.54) is 25.0 Å². The molecular weight excluding hydrogens is 335 g/mol. The summed E-state index contributed by atoms with van der Waals surface area (Å²) in [5.74, 6) is 0.831. The quantitative estimate of drug-likeness (QED) is 0.608. The fraction of sp³-hybridized carbons (Fsp3) is 0.368. The Morgan fingerprint density at radius 1 is 1.12 bits per heavy atom. The lowest BCUT2D eigenvalue weighted by atomic mass is 10.1. The number of rotatable bonds is 6. The van der Waals surface area contributed by atoms with Crippen LogP contribution in [0.4, 0.5) is 15.9 Å². The number of anilines is 2. The monoisotopic (exact) mass is 358 g/mol. The molecule has 1 aromatic carbocycles. The standard InChI is InChI=1S/C19H23FN4S/c20-16-7-5-15(6-8-16)4-3-11-21-19(25)23-17-9-10-18(22-14-17)24-12-1-2-13-24/h5-10,14H,1-4,11-13H2,(H2,21,23,25). The Bertz CT molecular complexity index is 682. The molecule has 1 aromatic heterocycles.